The van der Waals surface area contributed by atoms with E-state index in [4.69, 9.17) is 20.4 Å². The van der Waals surface area contributed by atoms with Crippen molar-refractivity contribution in [3.05, 3.63) is 0 Å². The molecule has 0 amide bonds. The van der Waals surface area contributed by atoms with Crippen molar-refractivity contribution in [1.29, 1.82) is 0 Å². The summed E-state index contributed by atoms with van der Waals surface area (Å²) in [5, 5.41) is 34.0. The fourth-order valence-corrected chi connectivity index (χ4v) is 5.06. The van der Waals surface area contributed by atoms with E-state index in [0.717, 1.165) is 23.7 Å². The van der Waals surface area contributed by atoms with Crippen molar-refractivity contribution in [3.63, 3.8) is 0 Å². The SMILES string of the molecule is CCC(C)CC(C)(C)C.CCC(C)CC(C)(C)C.CCC(C)CC(C)(C)C.CCC(C)CC(C)(C)C.OCC(CO)(CO)CO. The van der Waals surface area contributed by atoms with E-state index in [-0.39, 0.29) is 0 Å². The van der Waals surface area contributed by atoms with Gasteiger partial charge in [-0.3, -0.25) is 0 Å². The molecule has 4 atom stereocenters. The Kier molecular flexibility index (Phi) is 33.5. The van der Waals surface area contributed by atoms with E-state index in [1.165, 1.54) is 51.4 Å². The maximum Gasteiger partial charge on any atom is 0.0627 e. The molecule has 4 N–H and O–H groups in total. The van der Waals surface area contributed by atoms with Gasteiger partial charge < -0.3 is 20.4 Å². The summed E-state index contributed by atoms with van der Waals surface area (Å²) in [6.45, 7) is 44.4. The second-order valence-corrected chi connectivity index (χ2v) is 19.2. The van der Waals surface area contributed by atoms with Crippen LogP contribution in [0.4, 0.5) is 0 Å². The molecular weight excluding hydrogens is 556 g/mol. The van der Waals surface area contributed by atoms with Crippen molar-refractivity contribution in [3.8, 4) is 0 Å². The Bertz CT molecular complexity index is 491. The Hall–Kier alpha value is -0.160. The lowest BCUT2D eigenvalue weighted by Crippen LogP contribution is -2.37. The molecule has 0 bridgehead atoms. The van der Waals surface area contributed by atoms with Gasteiger partial charge in [0, 0.05) is 0 Å². The zero-order valence-corrected chi connectivity index (χ0v) is 35.1. The van der Waals surface area contributed by atoms with Crippen LogP contribution in [0.5, 0.6) is 0 Å². The molecule has 0 rings (SSSR count). The highest BCUT2D eigenvalue weighted by molar-refractivity contribution is 4.75. The standard InChI is InChI=1S/4C9H20.C5H12O4/c4*1-6-8(2)7-9(3,4)5;6-1-5(2-7,3-8)4-9/h4*8H,6-7H2,1-5H3;6-9H,1-4H2. The molecule has 280 valence electrons. The maximum atomic E-state index is 8.50. The van der Waals surface area contributed by atoms with E-state index >= 15 is 0 Å². The summed E-state index contributed by atoms with van der Waals surface area (Å²) in [6, 6.07) is 0. The van der Waals surface area contributed by atoms with E-state index in [1.54, 1.807) is 0 Å². The molecule has 0 aromatic carbocycles. The first kappa shape index (κ1) is 54.3. The summed E-state index contributed by atoms with van der Waals surface area (Å²) in [5.41, 5.74) is 0.982. The minimum absolute atomic E-state index is 0.406. The third-order valence-electron chi connectivity index (χ3n) is 7.97. The van der Waals surface area contributed by atoms with Gasteiger partial charge in [-0.05, 0) is 71.0 Å². The Labute approximate surface area is 287 Å². The van der Waals surface area contributed by atoms with Crippen LogP contribution < -0.4 is 0 Å². The van der Waals surface area contributed by atoms with E-state index in [9.17, 15) is 0 Å². The maximum absolute atomic E-state index is 8.50. The molecule has 0 spiro atoms. The number of aliphatic hydroxyl groups excluding tert-OH is 4. The molecule has 4 heteroatoms. The van der Waals surface area contributed by atoms with E-state index in [2.05, 4.69) is 138 Å². The molecule has 0 aliphatic rings. The van der Waals surface area contributed by atoms with Crippen LogP contribution in [-0.2, 0) is 0 Å². The monoisotopic (exact) mass is 649 g/mol. The van der Waals surface area contributed by atoms with Gasteiger partial charge in [0.1, 0.15) is 0 Å². The van der Waals surface area contributed by atoms with Crippen LogP contribution in [0.25, 0.3) is 0 Å². The molecule has 4 unspecified atom stereocenters. The normalized spacial score (nSPS) is 14.9. The first-order chi connectivity index (χ1) is 20.1. The Morgan fingerprint density at radius 1 is 0.333 bits per heavy atom. The highest BCUT2D eigenvalue weighted by Crippen LogP contribution is 2.27. The minimum Gasteiger partial charge on any atom is -0.396 e. The molecule has 0 heterocycles. The lowest BCUT2D eigenvalue weighted by Gasteiger charge is -2.23. The van der Waals surface area contributed by atoms with E-state index in [1.807, 2.05) is 0 Å². The number of rotatable bonds is 12. The van der Waals surface area contributed by atoms with Gasteiger partial charge in [-0.2, -0.15) is 0 Å². The third kappa shape index (κ3) is 48.4. The second-order valence-electron chi connectivity index (χ2n) is 19.2. The van der Waals surface area contributed by atoms with E-state index in [0.29, 0.717) is 21.7 Å². The van der Waals surface area contributed by atoms with Crippen molar-refractivity contribution in [2.45, 2.75) is 190 Å². The first-order valence-corrected chi connectivity index (χ1v) is 18.5. The van der Waals surface area contributed by atoms with Crippen molar-refractivity contribution in [2.75, 3.05) is 26.4 Å². The average molecular weight is 649 g/mol. The van der Waals surface area contributed by atoms with Crippen LogP contribution in [0.2, 0.25) is 0 Å². The molecule has 0 saturated carbocycles. The van der Waals surface area contributed by atoms with Gasteiger partial charge in [-0.15, -0.1) is 0 Å². The van der Waals surface area contributed by atoms with Gasteiger partial charge in [0.15, 0.2) is 0 Å². The predicted molar refractivity (Wildman–Crippen MR) is 205 cm³/mol. The highest BCUT2D eigenvalue weighted by Gasteiger charge is 2.26. The summed E-state index contributed by atoms with van der Waals surface area (Å²) in [4.78, 5) is 0. The summed E-state index contributed by atoms with van der Waals surface area (Å²) in [5.74, 6) is 3.57. The van der Waals surface area contributed by atoms with Crippen LogP contribution in [0.1, 0.15) is 190 Å². The molecule has 45 heavy (non-hydrogen) atoms. The largest absolute Gasteiger partial charge is 0.396 e. The van der Waals surface area contributed by atoms with Crippen LogP contribution in [-0.4, -0.2) is 46.9 Å². The van der Waals surface area contributed by atoms with Crippen molar-refractivity contribution < 1.29 is 20.4 Å². The van der Waals surface area contributed by atoms with Crippen molar-refractivity contribution in [2.24, 2.45) is 50.7 Å². The number of hydrogen-bond acceptors (Lipinski definition) is 4. The zero-order chi connectivity index (χ0) is 37.3. The van der Waals surface area contributed by atoms with Gasteiger partial charge in [0.05, 0.1) is 31.8 Å². The fourth-order valence-electron chi connectivity index (χ4n) is 5.06. The van der Waals surface area contributed by atoms with Gasteiger partial charge >= 0.3 is 0 Å². The Balaban J connectivity index is -0.000000148. The van der Waals surface area contributed by atoms with Crippen LogP contribution in [0.15, 0.2) is 0 Å². The quantitative estimate of drug-likeness (QED) is 0.170. The molecule has 0 aliphatic heterocycles. The van der Waals surface area contributed by atoms with Gasteiger partial charge in [-0.25, -0.2) is 0 Å². The topological polar surface area (TPSA) is 80.9 Å². The second kappa shape index (κ2) is 27.8. The predicted octanol–water partition coefficient (Wildman–Crippen LogP) is 11.8. The lowest BCUT2D eigenvalue weighted by molar-refractivity contribution is -0.0328. The smallest absolute Gasteiger partial charge is 0.0627 e. The molecule has 0 aromatic rings. The minimum atomic E-state index is -1.11. The average Bonchev–Trinajstić information content (AvgIpc) is 2.88. The van der Waals surface area contributed by atoms with Crippen LogP contribution >= 0.6 is 0 Å². The van der Waals surface area contributed by atoms with Gasteiger partial charge in [0.2, 0.25) is 0 Å². The molecule has 0 aromatic heterocycles. The molecule has 0 radical (unpaired) electrons. The molecule has 0 aliphatic carbocycles. The Morgan fingerprint density at radius 2 is 0.467 bits per heavy atom. The first-order valence-electron chi connectivity index (χ1n) is 18.5. The summed E-state index contributed by atoms with van der Waals surface area (Å²) in [7, 11) is 0. The highest BCUT2D eigenvalue weighted by atomic mass is 16.3. The van der Waals surface area contributed by atoms with E-state index < -0.39 is 31.8 Å². The van der Waals surface area contributed by atoms with Gasteiger partial charge in [0.25, 0.3) is 0 Å². The fraction of sp³-hybridized carbons (Fsp3) is 1.00. The molecular formula is C41H92O4. The lowest BCUT2D eigenvalue weighted by atomic mass is 9.84. The zero-order valence-electron chi connectivity index (χ0n) is 35.1. The van der Waals surface area contributed by atoms with Gasteiger partial charge in [-0.1, -0.05) is 164 Å². The summed E-state index contributed by atoms with van der Waals surface area (Å²) >= 11 is 0. The molecule has 4 nitrogen and oxygen atoms in total. The molecule has 0 fully saturated rings. The van der Waals surface area contributed by atoms with Crippen molar-refractivity contribution in [1.82, 2.24) is 0 Å². The number of aliphatic hydroxyl groups is 4. The molecule has 0 saturated heterocycles. The Morgan fingerprint density at radius 3 is 0.489 bits per heavy atom. The summed E-state index contributed by atoms with van der Waals surface area (Å²) in [6.07, 6.45) is 10.7. The summed E-state index contributed by atoms with van der Waals surface area (Å²) < 4.78 is 0. The van der Waals surface area contributed by atoms with Crippen LogP contribution in [0.3, 0.4) is 0 Å². The third-order valence-corrected chi connectivity index (χ3v) is 7.97. The van der Waals surface area contributed by atoms with Crippen molar-refractivity contribution >= 4 is 0 Å². The van der Waals surface area contributed by atoms with Crippen LogP contribution in [0, 0.1) is 50.7 Å². The number of hydrogen-bond donors (Lipinski definition) is 4.